The Hall–Kier alpha value is 0.440. The number of aromatic hydroxyl groups is 1. The van der Waals surface area contributed by atoms with Crippen LogP contribution in [-0.4, -0.2) is 5.11 Å². The quantitative estimate of drug-likeness (QED) is 0.665. The highest BCUT2D eigenvalue weighted by Gasteiger charge is 2.09. The van der Waals surface area contributed by atoms with Crippen LogP contribution in [0.5, 0.6) is 5.75 Å². The van der Waals surface area contributed by atoms with Crippen LogP contribution in [0.25, 0.3) is 10.1 Å². The summed E-state index contributed by atoms with van der Waals surface area (Å²) in [6.45, 7) is 0. The van der Waals surface area contributed by atoms with Crippen molar-refractivity contribution in [2.75, 3.05) is 0 Å². The molecule has 1 heterocycles. The molecule has 0 bridgehead atoms. The Balaban J connectivity index is 2.97. The third kappa shape index (κ3) is 1.33. The molecule has 1 aromatic heterocycles. The monoisotopic (exact) mass is 402 g/mol. The summed E-state index contributed by atoms with van der Waals surface area (Å²) in [7, 11) is 0. The summed E-state index contributed by atoms with van der Waals surface area (Å²) < 4.78 is 3.56. The molecule has 1 aromatic carbocycles. The Morgan fingerprint density at radius 2 is 2.00 bits per heavy atom. The van der Waals surface area contributed by atoms with Crippen molar-refractivity contribution in [2.45, 2.75) is 0 Å². The lowest BCUT2D eigenvalue weighted by atomic mass is 10.2. The van der Waals surface area contributed by atoms with E-state index in [1.165, 1.54) is 2.88 Å². The minimum atomic E-state index is 0.385. The van der Waals surface area contributed by atoms with Gasteiger partial charge in [0.15, 0.2) is 0 Å². The van der Waals surface area contributed by atoms with Crippen molar-refractivity contribution in [3.8, 4) is 5.75 Å². The second kappa shape index (κ2) is 3.30. The van der Waals surface area contributed by atoms with Crippen molar-refractivity contribution < 1.29 is 5.11 Å². The predicted molar refractivity (Wildman–Crippen MR) is 68.9 cm³/mol. The molecule has 62 valence electrons. The van der Waals surface area contributed by atoms with E-state index >= 15 is 0 Å². The van der Waals surface area contributed by atoms with E-state index < -0.39 is 0 Å². The lowest BCUT2D eigenvalue weighted by molar-refractivity contribution is 0.481. The number of fused-ring (bicyclic) bond motifs is 1. The smallest absolute Gasteiger partial charge is 0.125 e. The van der Waals surface area contributed by atoms with Gasteiger partial charge in [-0.15, -0.1) is 11.3 Å². The number of rotatable bonds is 0. The average Bonchev–Trinajstić information content (AvgIpc) is 2.29. The van der Waals surface area contributed by atoms with E-state index in [4.69, 9.17) is 0 Å². The standard InChI is InChI=1S/C8H4I2OS/c9-7-6-4(11)2-1-3-5(6)12-8(7)10/h1-3,11H. The molecule has 0 amide bonds. The van der Waals surface area contributed by atoms with Crippen LogP contribution in [0.4, 0.5) is 0 Å². The average molecular weight is 402 g/mol. The molecule has 2 aromatic rings. The predicted octanol–water partition coefficient (Wildman–Crippen LogP) is 3.82. The third-order valence-corrected chi connectivity index (χ3v) is 6.22. The Kier molecular flexibility index (Phi) is 2.48. The Labute approximate surface area is 101 Å². The molecule has 12 heavy (non-hydrogen) atoms. The third-order valence-electron chi connectivity index (χ3n) is 1.60. The first-order valence-electron chi connectivity index (χ1n) is 3.25. The van der Waals surface area contributed by atoms with E-state index in [0.717, 1.165) is 13.7 Å². The molecule has 0 spiro atoms. The molecule has 4 heteroatoms. The molecular formula is C8H4I2OS. The molecule has 2 rings (SSSR count). The zero-order valence-electron chi connectivity index (χ0n) is 5.84. The van der Waals surface area contributed by atoms with Crippen LogP contribution < -0.4 is 0 Å². The van der Waals surface area contributed by atoms with Crippen LogP contribution in [-0.2, 0) is 0 Å². The largest absolute Gasteiger partial charge is 0.507 e. The molecule has 0 aliphatic carbocycles. The van der Waals surface area contributed by atoms with Crippen LogP contribution in [0.15, 0.2) is 18.2 Å². The van der Waals surface area contributed by atoms with Crippen LogP contribution in [0.1, 0.15) is 0 Å². The normalized spacial score (nSPS) is 10.8. The van der Waals surface area contributed by atoms with Crippen molar-refractivity contribution in [2.24, 2.45) is 0 Å². The fraction of sp³-hybridized carbons (Fsp3) is 0. The molecule has 1 nitrogen and oxygen atoms in total. The summed E-state index contributed by atoms with van der Waals surface area (Å²) in [5.74, 6) is 0.385. The fourth-order valence-electron chi connectivity index (χ4n) is 1.06. The minimum Gasteiger partial charge on any atom is -0.507 e. The van der Waals surface area contributed by atoms with Gasteiger partial charge in [0.05, 0.1) is 2.88 Å². The van der Waals surface area contributed by atoms with Gasteiger partial charge in [-0.2, -0.15) is 0 Å². The maximum Gasteiger partial charge on any atom is 0.125 e. The van der Waals surface area contributed by atoms with E-state index in [2.05, 4.69) is 45.2 Å². The van der Waals surface area contributed by atoms with Crippen molar-refractivity contribution in [1.29, 1.82) is 0 Å². The van der Waals surface area contributed by atoms with Crippen LogP contribution in [0.3, 0.4) is 0 Å². The summed E-state index contributed by atoms with van der Waals surface area (Å²) in [6.07, 6.45) is 0. The summed E-state index contributed by atoms with van der Waals surface area (Å²) in [6, 6.07) is 5.64. The molecule has 0 unspecified atom stereocenters. The maximum absolute atomic E-state index is 9.56. The first kappa shape index (κ1) is 9.01. The molecule has 1 N–H and O–H groups in total. The van der Waals surface area contributed by atoms with E-state index in [1.54, 1.807) is 17.4 Å². The summed E-state index contributed by atoms with van der Waals surface area (Å²) in [4.78, 5) is 0. The summed E-state index contributed by atoms with van der Waals surface area (Å²) in [5.41, 5.74) is 0. The topological polar surface area (TPSA) is 20.2 Å². The maximum atomic E-state index is 9.56. The van der Waals surface area contributed by atoms with E-state index in [0.29, 0.717) is 5.75 Å². The summed E-state index contributed by atoms with van der Waals surface area (Å²) in [5, 5.41) is 10.6. The van der Waals surface area contributed by atoms with Crippen LogP contribution >= 0.6 is 56.5 Å². The van der Waals surface area contributed by atoms with Gasteiger partial charge >= 0.3 is 0 Å². The molecule has 0 radical (unpaired) electrons. The first-order valence-corrected chi connectivity index (χ1v) is 6.23. The highest BCUT2D eigenvalue weighted by molar-refractivity contribution is 14.1. The molecule has 0 atom stereocenters. The molecule has 0 fully saturated rings. The number of hydrogen-bond donors (Lipinski definition) is 1. The second-order valence-corrected chi connectivity index (χ2v) is 6.28. The lowest BCUT2D eigenvalue weighted by Gasteiger charge is -1.93. The van der Waals surface area contributed by atoms with Gasteiger partial charge in [-0.25, -0.2) is 0 Å². The number of hydrogen-bond acceptors (Lipinski definition) is 2. The Bertz CT molecular complexity index is 436. The zero-order valence-corrected chi connectivity index (χ0v) is 11.0. The molecule has 0 aliphatic heterocycles. The van der Waals surface area contributed by atoms with E-state index in [1.807, 2.05) is 12.1 Å². The van der Waals surface area contributed by atoms with Crippen molar-refractivity contribution in [1.82, 2.24) is 0 Å². The fourth-order valence-corrected chi connectivity index (χ4v) is 3.97. The molecule has 0 saturated carbocycles. The van der Waals surface area contributed by atoms with Crippen molar-refractivity contribution in [3.63, 3.8) is 0 Å². The second-order valence-electron chi connectivity index (χ2n) is 2.34. The van der Waals surface area contributed by atoms with Gasteiger partial charge in [-0.05, 0) is 57.3 Å². The summed E-state index contributed by atoms with van der Waals surface area (Å²) >= 11 is 6.27. The lowest BCUT2D eigenvalue weighted by Crippen LogP contribution is -1.70. The Morgan fingerprint density at radius 3 is 2.67 bits per heavy atom. The van der Waals surface area contributed by atoms with E-state index in [9.17, 15) is 5.11 Å². The van der Waals surface area contributed by atoms with Crippen molar-refractivity contribution in [3.05, 3.63) is 24.7 Å². The van der Waals surface area contributed by atoms with Gasteiger partial charge in [-0.3, -0.25) is 0 Å². The number of halogens is 2. The molecule has 0 saturated heterocycles. The van der Waals surface area contributed by atoms with Gasteiger partial charge in [0.2, 0.25) is 0 Å². The SMILES string of the molecule is Oc1cccc2sc(I)c(I)c12. The van der Waals surface area contributed by atoms with Gasteiger partial charge in [-0.1, -0.05) is 6.07 Å². The number of phenolic OH excluding ortho intramolecular Hbond substituents is 1. The van der Waals surface area contributed by atoms with Crippen LogP contribution in [0, 0.1) is 6.45 Å². The number of thiophene rings is 1. The zero-order chi connectivity index (χ0) is 8.72. The van der Waals surface area contributed by atoms with Crippen molar-refractivity contribution >= 4 is 66.6 Å². The molecule has 0 aliphatic rings. The number of benzene rings is 1. The first-order chi connectivity index (χ1) is 5.70. The highest BCUT2D eigenvalue weighted by Crippen LogP contribution is 2.37. The highest BCUT2D eigenvalue weighted by atomic mass is 127. The van der Waals surface area contributed by atoms with Gasteiger partial charge < -0.3 is 5.11 Å². The number of phenols is 1. The van der Waals surface area contributed by atoms with Gasteiger partial charge in [0.1, 0.15) is 5.75 Å². The molecular weight excluding hydrogens is 398 g/mol. The van der Waals surface area contributed by atoms with Crippen LogP contribution in [0.2, 0.25) is 0 Å². The Morgan fingerprint density at radius 1 is 1.25 bits per heavy atom. The van der Waals surface area contributed by atoms with Gasteiger partial charge in [0.25, 0.3) is 0 Å². The minimum absolute atomic E-state index is 0.385. The van der Waals surface area contributed by atoms with Gasteiger partial charge in [0, 0.05) is 13.7 Å². The van der Waals surface area contributed by atoms with E-state index in [-0.39, 0.29) is 0 Å².